The van der Waals surface area contributed by atoms with E-state index in [-0.39, 0.29) is 31.0 Å². The van der Waals surface area contributed by atoms with Gasteiger partial charge < -0.3 is 28.8 Å². The van der Waals surface area contributed by atoms with Crippen molar-refractivity contribution < 1.29 is 23.4 Å². The van der Waals surface area contributed by atoms with E-state index in [1.54, 1.807) is 18.2 Å². The van der Waals surface area contributed by atoms with Crippen molar-refractivity contribution in [3.05, 3.63) is 36.0 Å². The number of likely N-dealkylation sites (tertiary alicyclic amines) is 1. The largest absolute Gasteiger partial charge is 0.484 e. The number of oxazole rings is 1. The molecule has 1 fully saturated rings. The molecule has 0 spiro atoms. The fourth-order valence-corrected chi connectivity index (χ4v) is 3.55. The van der Waals surface area contributed by atoms with Crippen molar-refractivity contribution >= 4 is 5.91 Å². The lowest BCUT2D eigenvalue weighted by Crippen LogP contribution is -2.47. The SMILES string of the molecule is CCCN1CCCC(NC(=O)c2coc(COc3ccc4c(c3)OCO4)n2)C1. The lowest BCUT2D eigenvalue weighted by Gasteiger charge is -2.32. The topological polar surface area (TPSA) is 86.1 Å². The molecule has 4 rings (SSSR count). The molecule has 1 saturated heterocycles. The van der Waals surface area contributed by atoms with Gasteiger partial charge in [-0.05, 0) is 44.5 Å². The van der Waals surface area contributed by atoms with Crippen molar-refractivity contribution in [1.82, 2.24) is 15.2 Å². The van der Waals surface area contributed by atoms with Crippen LogP contribution in [-0.2, 0) is 6.61 Å². The van der Waals surface area contributed by atoms with Crippen LogP contribution in [0.4, 0.5) is 0 Å². The molecule has 1 unspecified atom stereocenters. The number of fused-ring (bicyclic) bond motifs is 1. The highest BCUT2D eigenvalue weighted by Crippen LogP contribution is 2.35. The number of hydrogen-bond acceptors (Lipinski definition) is 7. The molecule has 1 aromatic carbocycles. The molecule has 1 amide bonds. The predicted octanol–water partition coefficient (Wildman–Crippen LogP) is 2.59. The molecule has 1 atom stereocenters. The van der Waals surface area contributed by atoms with Crippen LogP contribution in [0.2, 0.25) is 0 Å². The second kappa shape index (κ2) is 8.52. The summed E-state index contributed by atoms with van der Waals surface area (Å²) in [5, 5.41) is 3.06. The number of aromatic nitrogens is 1. The van der Waals surface area contributed by atoms with E-state index in [1.807, 2.05) is 0 Å². The molecule has 28 heavy (non-hydrogen) atoms. The Balaban J connectivity index is 1.29. The van der Waals surface area contributed by atoms with Gasteiger partial charge in [0.1, 0.15) is 12.0 Å². The fourth-order valence-electron chi connectivity index (χ4n) is 3.55. The number of carbonyl (C=O) groups is 1. The summed E-state index contributed by atoms with van der Waals surface area (Å²) < 4.78 is 21.7. The highest BCUT2D eigenvalue weighted by atomic mass is 16.7. The Morgan fingerprint density at radius 3 is 3.14 bits per heavy atom. The summed E-state index contributed by atoms with van der Waals surface area (Å²) in [5.74, 6) is 2.10. The van der Waals surface area contributed by atoms with Crippen molar-refractivity contribution in [2.24, 2.45) is 0 Å². The maximum atomic E-state index is 12.5. The van der Waals surface area contributed by atoms with Gasteiger partial charge in [0.25, 0.3) is 5.91 Å². The average Bonchev–Trinajstić information content (AvgIpc) is 3.36. The Kier molecular flexibility index (Phi) is 5.66. The normalized spacial score (nSPS) is 18.8. The summed E-state index contributed by atoms with van der Waals surface area (Å²) >= 11 is 0. The first kappa shape index (κ1) is 18.6. The van der Waals surface area contributed by atoms with E-state index in [0.29, 0.717) is 23.1 Å². The van der Waals surface area contributed by atoms with Crippen LogP contribution in [0.15, 0.2) is 28.9 Å². The van der Waals surface area contributed by atoms with Gasteiger partial charge in [0.15, 0.2) is 23.8 Å². The lowest BCUT2D eigenvalue weighted by atomic mass is 10.1. The highest BCUT2D eigenvalue weighted by Gasteiger charge is 2.23. The van der Waals surface area contributed by atoms with Gasteiger partial charge in [-0.1, -0.05) is 6.92 Å². The van der Waals surface area contributed by atoms with Gasteiger partial charge in [0, 0.05) is 18.7 Å². The van der Waals surface area contributed by atoms with E-state index in [2.05, 4.69) is 22.1 Å². The Hall–Kier alpha value is -2.74. The molecule has 8 heteroatoms. The number of hydrogen-bond donors (Lipinski definition) is 1. The number of piperidine rings is 1. The Morgan fingerprint density at radius 2 is 2.25 bits per heavy atom. The van der Waals surface area contributed by atoms with Crippen LogP contribution >= 0.6 is 0 Å². The number of nitrogens with one attached hydrogen (secondary N) is 1. The summed E-state index contributed by atoms with van der Waals surface area (Å²) in [5.41, 5.74) is 0.275. The Bertz CT molecular complexity index is 820. The second-order valence-electron chi connectivity index (χ2n) is 7.04. The Labute approximate surface area is 163 Å². The van der Waals surface area contributed by atoms with Crippen LogP contribution in [0, 0.1) is 0 Å². The Morgan fingerprint density at radius 1 is 1.36 bits per heavy atom. The van der Waals surface area contributed by atoms with E-state index >= 15 is 0 Å². The predicted molar refractivity (Wildman–Crippen MR) is 101 cm³/mol. The molecule has 3 heterocycles. The van der Waals surface area contributed by atoms with Crippen LogP contribution in [0.25, 0.3) is 0 Å². The zero-order valence-electron chi connectivity index (χ0n) is 16.0. The van der Waals surface area contributed by atoms with Crippen molar-refractivity contribution in [2.75, 3.05) is 26.4 Å². The van der Waals surface area contributed by atoms with Crippen LogP contribution in [0.3, 0.4) is 0 Å². The number of rotatable bonds is 7. The molecular weight excluding hydrogens is 362 g/mol. The summed E-state index contributed by atoms with van der Waals surface area (Å²) in [6.07, 6.45) is 4.58. The third kappa shape index (κ3) is 4.39. The minimum absolute atomic E-state index is 0.126. The molecule has 2 aliphatic heterocycles. The minimum Gasteiger partial charge on any atom is -0.484 e. The quantitative estimate of drug-likeness (QED) is 0.781. The second-order valence-corrected chi connectivity index (χ2v) is 7.04. The molecule has 0 bridgehead atoms. The van der Waals surface area contributed by atoms with E-state index in [1.165, 1.54) is 6.26 Å². The summed E-state index contributed by atoms with van der Waals surface area (Å²) in [7, 11) is 0. The summed E-state index contributed by atoms with van der Waals surface area (Å²) in [6.45, 7) is 5.57. The molecule has 0 saturated carbocycles. The molecule has 0 aliphatic carbocycles. The average molecular weight is 387 g/mol. The summed E-state index contributed by atoms with van der Waals surface area (Å²) in [6, 6.07) is 5.48. The van der Waals surface area contributed by atoms with Gasteiger partial charge in [-0.3, -0.25) is 4.79 Å². The van der Waals surface area contributed by atoms with Crippen LogP contribution in [0.5, 0.6) is 17.2 Å². The smallest absolute Gasteiger partial charge is 0.273 e. The molecule has 1 aromatic heterocycles. The maximum Gasteiger partial charge on any atom is 0.273 e. The summed E-state index contributed by atoms with van der Waals surface area (Å²) in [4.78, 5) is 19.1. The molecule has 8 nitrogen and oxygen atoms in total. The number of carbonyl (C=O) groups excluding carboxylic acids is 1. The first-order valence-electron chi connectivity index (χ1n) is 9.71. The zero-order valence-corrected chi connectivity index (χ0v) is 16.0. The third-order valence-electron chi connectivity index (χ3n) is 4.87. The number of amides is 1. The van der Waals surface area contributed by atoms with E-state index in [4.69, 9.17) is 18.6 Å². The van der Waals surface area contributed by atoms with Gasteiger partial charge in [-0.25, -0.2) is 4.98 Å². The minimum atomic E-state index is -0.207. The molecule has 150 valence electrons. The number of benzene rings is 1. The van der Waals surface area contributed by atoms with Crippen molar-refractivity contribution in [3.8, 4) is 17.2 Å². The monoisotopic (exact) mass is 387 g/mol. The van der Waals surface area contributed by atoms with Crippen LogP contribution in [0.1, 0.15) is 42.6 Å². The highest BCUT2D eigenvalue weighted by molar-refractivity contribution is 5.92. The first-order valence-corrected chi connectivity index (χ1v) is 9.71. The van der Waals surface area contributed by atoms with Crippen LogP contribution < -0.4 is 19.5 Å². The van der Waals surface area contributed by atoms with Gasteiger partial charge in [-0.15, -0.1) is 0 Å². The van der Waals surface area contributed by atoms with Crippen molar-refractivity contribution in [3.63, 3.8) is 0 Å². The van der Waals surface area contributed by atoms with E-state index < -0.39 is 0 Å². The standard InChI is InChI=1S/C20H25N3O5/c1-2-7-23-8-3-4-14(10-23)21-20(24)16-11-26-19(22-16)12-25-15-5-6-17-18(9-15)28-13-27-17/h5-6,9,11,14H,2-4,7-8,10,12-13H2,1H3,(H,21,24). The van der Waals surface area contributed by atoms with Gasteiger partial charge in [-0.2, -0.15) is 0 Å². The van der Waals surface area contributed by atoms with Crippen molar-refractivity contribution in [1.29, 1.82) is 0 Å². The maximum absolute atomic E-state index is 12.5. The van der Waals surface area contributed by atoms with Gasteiger partial charge in [0.2, 0.25) is 12.7 Å². The van der Waals surface area contributed by atoms with Gasteiger partial charge in [0.05, 0.1) is 0 Å². The molecule has 2 aromatic rings. The first-order chi connectivity index (χ1) is 13.7. The van der Waals surface area contributed by atoms with Crippen molar-refractivity contribution in [2.45, 2.75) is 38.8 Å². The van der Waals surface area contributed by atoms with Crippen LogP contribution in [-0.4, -0.2) is 48.3 Å². The fraction of sp³-hybridized carbons (Fsp3) is 0.500. The third-order valence-corrected chi connectivity index (χ3v) is 4.87. The molecule has 0 radical (unpaired) electrons. The molecule has 1 N–H and O–H groups in total. The lowest BCUT2D eigenvalue weighted by molar-refractivity contribution is 0.0898. The zero-order chi connectivity index (χ0) is 19.3. The number of ether oxygens (including phenoxy) is 3. The number of nitrogens with zero attached hydrogens (tertiary/aromatic N) is 2. The van der Waals surface area contributed by atoms with E-state index in [9.17, 15) is 4.79 Å². The molecule has 2 aliphatic rings. The van der Waals surface area contributed by atoms with Gasteiger partial charge >= 0.3 is 0 Å². The van der Waals surface area contributed by atoms with E-state index in [0.717, 1.165) is 38.9 Å². The molecular formula is C20H25N3O5.